The number of fused-ring (bicyclic) bond motifs is 1. The van der Waals surface area contributed by atoms with Crippen LogP contribution in [0.15, 0.2) is 67.1 Å². The Bertz CT molecular complexity index is 1140. The molecule has 0 radical (unpaired) electrons. The average molecular weight is 432 g/mol. The van der Waals surface area contributed by atoms with Gasteiger partial charge in [-0.1, -0.05) is 36.4 Å². The van der Waals surface area contributed by atoms with Gasteiger partial charge in [0, 0.05) is 24.9 Å². The van der Waals surface area contributed by atoms with E-state index >= 15 is 0 Å². The second-order valence-corrected chi connectivity index (χ2v) is 8.05. The third-order valence-electron chi connectivity index (χ3n) is 6.29. The van der Waals surface area contributed by atoms with Crippen LogP contribution >= 0.6 is 0 Å². The maximum Gasteiger partial charge on any atom is 0.274 e. The van der Waals surface area contributed by atoms with Gasteiger partial charge in [-0.15, -0.1) is 0 Å². The van der Waals surface area contributed by atoms with E-state index in [9.17, 15) is 19.1 Å². The molecule has 2 fully saturated rings. The number of carbonyl (C=O) groups is 2. The molecule has 2 aliphatic rings. The summed E-state index contributed by atoms with van der Waals surface area (Å²) in [5.41, 5.74) is 3.04. The molecular formula is C24H21FN4O3. The normalized spacial score (nSPS) is 22.3. The number of aliphatic hydroxyl groups is 1. The fourth-order valence-corrected chi connectivity index (χ4v) is 4.77. The Morgan fingerprint density at radius 1 is 1.06 bits per heavy atom. The fraction of sp³-hybridized carbons (Fsp3) is 0.250. The van der Waals surface area contributed by atoms with E-state index in [0.717, 1.165) is 16.7 Å². The molecule has 162 valence electrons. The first-order valence-corrected chi connectivity index (χ1v) is 10.4. The molecule has 2 saturated heterocycles. The molecule has 0 aliphatic carbocycles. The number of carbonyl (C=O) groups excluding carboxylic acids is 2. The van der Waals surface area contributed by atoms with Crippen molar-refractivity contribution in [2.75, 3.05) is 19.7 Å². The van der Waals surface area contributed by atoms with Crippen LogP contribution in [0.4, 0.5) is 4.39 Å². The van der Waals surface area contributed by atoms with Crippen molar-refractivity contribution in [3.63, 3.8) is 0 Å². The molecule has 32 heavy (non-hydrogen) atoms. The van der Waals surface area contributed by atoms with Crippen LogP contribution in [0.1, 0.15) is 22.0 Å². The zero-order valence-corrected chi connectivity index (χ0v) is 17.1. The average Bonchev–Trinajstić information content (AvgIpc) is 2.81. The summed E-state index contributed by atoms with van der Waals surface area (Å²) in [4.78, 5) is 36.8. The van der Waals surface area contributed by atoms with Gasteiger partial charge >= 0.3 is 0 Å². The SMILES string of the molecule is O=C(c1cnccn1)N1CC(=O)N2[C@H](CO)[C@@H](c3ccc(-c4ccc(F)cc4)cc3)[C@@H]2C1. The first-order valence-electron chi connectivity index (χ1n) is 10.4. The van der Waals surface area contributed by atoms with Gasteiger partial charge in [0.1, 0.15) is 18.1 Å². The van der Waals surface area contributed by atoms with Crippen LogP contribution in [0.2, 0.25) is 0 Å². The van der Waals surface area contributed by atoms with E-state index in [2.05, 4.69) is 9.97 Å². The van der Waals surface area contributed by atoms with Crippen LogP contribution in [0.5, 0.6) is 0 Å². The first-order chi connectivity index (χ1) is 15.6. The van der Waals surface area contributed by atoms with Crippen LogP contribution in [0, 0.1) is 5.82 Å². The first kappa shape index (κ1) is 20.3. The van der Waals surface area contributed by atoms with Crippen LogP contribution in [0.25, 0.3) is 11.1 Å². The number of hydrogen-bond acceptors (Lipinski definition) is 5. The van der Waals surface area contributed by atoms with Crippen LogP contribution in [0.3, 0.4) is 0 Å². The summed E-state index contributed by atoms with van der Waals surface area (Å²) in [5, 5.41) is 9.96. The quantitative estimate of drug-likeness (QED) is 0.682. The second kappa shape index (κ2) is 8.12. The lowest BCUT2D eigenvalue weighted by Gasteiger charge is -2.58. The number of aromatic nitrogens is 2. The lowest BCUT2D eigenvalue weighted by atomic mass is 9.73. The van der Waals surface area contributed by atoms with E-state index in [4.69, 9.17) is 0 Å². The van der Waals surface area contributed by atoms with Crippen molar-refractivity contribution in [2.24, 2.45) is 0 Å². The fourth-order valence-electron chi connectivity index (χ4n) is 4.77. The predicted molar refractivity (Wildman–Crippen MR) is 114 cm³/mol. The predicted octanol–water partition coefficient (Wildman–Crippen LogP) is 2.09. The van der Waals surface area contributed by atoms with Crippen molar-refractivity contribution in [2.45, 2.75) is 18.0 Å². The van der Waals surface area contributed by atoms with Crippen LogP contribution < -0.4 is 0 Å². The van der Waals surface area contributed by atoms with Crippen molar-refractivity contribution >= 4 is 11.8 Å². The lowest BCUT2D eigenvalue weighted by Crippen LogP contribution is -2.73. The van der Waals surface area contributed by atoms with E-state index < -0.39 is 0 Å². The Hall–Kier alpha value is -3.65. The zero-order chi connectivity index (χ0) is 22.2. The summed E-state index contributed by atoms with van der Waals surface area (Å²) in [5.74, 6) is -0.891. The van der Waals surface area contributed by atoms with Gasteiger partial charge in [-0.25, -0.2) is 9.37 Å². The maximum absolute atomic E-state index is 13.2. The van der Waals surface area contributed by atoms with Gasteiger partial charge in [-0.05, 0) is 28.8 Å². The van der Waals surface area contributed by atoms with Crippen LogP contribution in [-0.4, -0.2) is 68.5 Å². The molecule has 0 spiro atoms. The van der Waals surface area contributed by atoms with Crippen molar-refractivity contribution in [3.05, 3.63) is 84.2 Å². The molecular weight excluding hydrogens is 411 g/mol. The summed E-state index contributed by atoms with van der Waals surface area (Å²) in [6, 6.07) is 13.6. The number of piperazine rings is 1. The van der Waals surface area contributed by atoms with E-state index in [0.29, 0.717) is 6.54 Å². The largest absolute Gasteiger partial charge is 0.394 e. The minimum Gasteiger partial charge on any atom is -0.394 e. The Morgan fingerprint density at radius 3 is 2.38 bits per heavy atom. The Labute approximate surface area is 184 Å². The molecule has 2 amide bonds. The molecule has 5 rings (SSSR count). The minimum atomic E-state index is -0.330. The number of amides is 2. The number of benzene rings is 2. The highest BCUT2D eigenvalue weighted by Gasteiger charge is 2.54. The van der Waals surface area contributed by atoms with Gasteiger partial charge in [0.05, 0.1) is 24.9 Å². The van der Waals surface area contributed by atoms with Crippen LogP contribution in [-0.2, 0) is 4.79 Å². The Balaban J connectivity index is 1.38. The van der Waals surface area contributed by atoms with E-state index in [1.807, 2.05) is 24.3 Å². The highest BCUT2D eigenvalue weighted by molar-refractivity contribution is 5.96. The smallest absolute Gasteiger partial charge is 0.274 e. The molecule has 0 unspecified atom stereocenters. The summed E-state index contributed by atoms with van der Waals surface area (Å²) >= 11 is 0. The maximum atomic E-state index is 13.2. The molecule has 2 aliphatic heterocycles. The second-order valence-electron chi connectivity index (χ2n) is 8.05. The molecule has 3 heterocycles. The molecule has 0 bridgehead atoms. The molecule has 8 heteroatoms. The number of aliphatic hydroxyl groups excluding tert-OH is 1. The highest BCUT2D eigenvalue weighted by Crippen LogP contribution is 2.43. The number of hydrogen-bond donors (Lipinski definition) is 1. The molecule has 3 atom stereocenters. The topological polar surface area (TPSA) is 86.6 Å². The van der Waals surface area contributed by atoms with Crippen molar-refractivity contribution in [1.82, 2.24) is 19.8 Å². The molecule has 7 nitrogen and oxygen atoms in total. The molecule has 1 aromatic heterocycles. The Kier molecular flexibility index (Phi) is 5.14. The van der Waals surface area contributed by atoms with E-state index in [1.54, 1.807) is 17.0 Å². The van der Waals surface area contributed by atoms with Gasteiger partial charge in [0.2, 0.25) is 5.91 Å². The Morgan fingerprint density at radius 2 is 1.75 bits per heavy atom. The van der Waals surface area contributed by atoms with Crippen molar-refractivity contribution in [3.8, 4) is 11.1 Å². The molecule has 0 saturated carbocycles. The van der Waals surface area contributed by atoms with Gasteiger partial charge in [-0.2, -0.15) is 0 Å². The summed E-state index contributed by atoms with van der Waals surface area (Å²) < 4.78 is 13.2. The monoisotopic (exact) mass is 432 g/mol. The lowest BCUT2D eigenvalue weighted by molar-refractivity contribution is -0.159. The standard InChI is InChI=1S/C24H21FN4O3/c25-18-7-5-16(6-8-18)15-1-3-17(4-2-15)23-20-12-28(13-22(31)29(20)21(23)14-30)24(32)19-11-26-9-10-27-19/h1-11,20-21,23,30H,12-14H2/t20-,21+,23-/m0/s1. The van der Waals surface area contributed by atoms with Gasteiger partial charge in [0.25, 0.3) is 5.91 Å². The number of halogens is 1. The molecule has 2 aromatic carbocycles. The summed E-state index contributed by atoms with van der Waals surface area (Å²) in [6.07, 6.45) is 4.33. The summed E-state index contributed by atoms with van der Waals surface area (Å²) in [7, 11) is 0. The molecule has 1 N–H and O–H groups in total. The van der Waals surface area contributed by atoms with Gasteiger partial charge < -0.3 is 14.9 Å². The highest BCUT2D eigenvalue weighted by atomic mass is 19.1. The zero-order valence-electron chi connectivity index (χ0n) is 17.1. The third-order valence-corrected chi connectivity index (χ3v) is 6.29. The summed E-state index contributed by atoms with van der Waals surface area (Å²) in [6.45, 7) is 0.172. The third kappa shape index (κ3) is 3.42. The molecule has 3 aromatic rings. The van der Waals surface area contributed by atoms with Crippen molar-refractivity contribution < 1.29 is 19.1 Å². The van der Waals surface area contributed by atoms with E-state index in [-0.39, 0.29) is 54.5 Å². The van der Waals surface area contributed by atoms with Gasteiger partial charge in [-0.3, -0.25) is 14.6 Å². The minimum absolute atomic E-state index is 0.0430. The van der Waals surface area contributed by atoms with Gasteiger partial charge in [0.15, 0.2) is 0 Å². The number of nitrogens with zero attached hydrogens (tertiary/aromatic N) is 4. The van der Waals surface area contributed by atoms with E-state index in [1.165, 1.54) is 35.6 Å². The number of rotatable bonds is 4. The van der Waals surface area contributed by atoms with Crippen molar-refractivity contribution in [1.29, 1.82) is 0 Å².